The molecule has 0 aliphatic carbocycles. The van der Waals surface area contributed by atoms with Gasteiger partial charge in [0.15, 0.2) is 12.4 Å². The first-order chi connectivity index (χ1) is 23.7. The summed E-state index contributed by atoms with van der Waals surface area (Å²) in [5.74, 6) is -1.08. The minimum atomic E-state index is -1.31. The smallest absolute Gasteiger partial charge is 0.303 e. The summed E-state index contributed by atoms with van der Waals surface area (Å²) in [4.78, 5) is 23.9. The first kappa shape index (κ1) is 36.6. The van der Waals surface area contributed by atoms with E-state index in [0.717, 1.165) is 16.7 Å². The number of hydrogen-bond donors (Lipinski definition) is 1. The van der Waals surface area contributed by atoms with Crippen LogP contribution in [0.25, 0.3) is 0 Å². The number of aliphatic hydroxyl groups excluding tert-OH is 1. The Kier molecular flexibility index (Phi) is 13.3. The van der Waals surface area contributed by atoms with Crippen LogP contribution in [0.15, 0.2) is 91.0 Å². The molecule has 3 aromatic rings. The zero-order chi connectivity index (χ0) is 34.8. The van der Waals surface area contributed by atoms with Crippen LogP contribution >= 0.6 is 0 Å². The second-order valence-electron chi connectivity index (χ2n) is 12.3. The van der Waals surface area contributed by atoms with Gasteiger partial charge in [-0.15, -0.1) is 0 Å². The predicted molar refractivity (Wildman–Crippen MR) is 177 cm³/mol. The molecule has 11 nitrogen and oxygen atoms in total. The molecule has 264 valence electrons. The van der Waals surface area contributed by atoms with E-state index in [0.29, 0.717) is 0 Å². The third-order valence-corrected chi connectivity index (χ3v) is 8.64. The molecular weight excluding hydrogens is 632 g/mol. The Labute approximate surface area is 287 Å². The van der Waals surface area contributed by atoms with E-state index in [9.17, 15) is 14.7 Å². The molecule has 1 N–H and O–H groups in total. The number of rotatable bonds is 14. The van der Waals surface area contributed by atoms with Crippen molar-refractivity contribution in [2.24, 2.45) is 0 Å². The van der Waals surface area contributed by atoms with Crippen molar-refractivity contribution in [1.82, 2.24) is 0 Å². The summed E-state index contributed by atoms with van der Waals surface area (Å²) < 4.78 is 49.4. The van der Waals surface area contributed by atoms with Gasteiger partial charge in [-0.1, -0.05) is 91.0 Å². The predicted octanol–water partition coefficient (Wildman–Crippen LogP) is 4.52. The quantitative estimate of drug-likeness (QED) is 0.242. The Balaban J connectivity index is 1.47. The molecule has 2 heterocycles. The molecule has 0 saturated carbocycles. The van der Waals surface area contributed by atoms with Crippen molar-refractivity contribution in [3.8, 4) is 0 Å². The van der Waals surface area contributed by atoms with Crippen LogP contribution in [0.1, 0.15) is 43.9 Å². The van der Waals surface area contributed by atoms with Crippen molar-refractivity contribution in [2.45, 2.75) is 108 Å². The van der Waals surface area contributed by atoms with Gasteiger partial charge in [-0.25, -0.2) is 0 Å². The van der Waals surface area contributed by atoms with Crippen LogP contribution in [0.5, 0.6) is 0 Å². The molecule has 2 aliphatic heterocycles. The zero-order valence-electron chi connectivity index (χ0n) is 28.3. The van der Waals surface area contributed by atoms with Gasteiger partial charge in [0.1, 0.15) is 36.6 Å². The van der Waals surface area contributed by atoms with E-state index >= 15 is 0 Å². The fourth-order valence-corrected chi connectivity index (χ4v) is 6.35. The lowest BCUT2D eigenvalue weighted by Crippen LogP contribution is -2.66. The average Bonchev–Trinajstić information content (AvgIpc) is 3.10. The molecule has 10 atom stereocenters. The lowest BCUT2D eigenvalue weighted by atomic mass is 9.88. The molecule has 0 bridgehead atoms. The molecule has 0 spiro atoms. The van der Waals surface area contributed by atoms with Crippen LogP contribution in [-0.4, -0.2) is 85.4 Å². The number of benzene rings is 3. The summed E-state index contributed by atoms with van der Waals surface area (Å²) in [6.45, 7) is 4.94. The number of esters is 2. The van der Waals surface area contributed by atoms with Crippen molar-refractivity contribution >= 4 is 11.9 Å². The van der Waals surface area contributed by atoms with Crippen LogP contribution < -0.4 is 0 Å². The SMILES string of the molecule is CO[C@H]1O[C@H](C(O)[C@H]2C[C@@H](OC(C)=O)[C@H](OC(C)=O)[C@@H](C)O2)[C@@H](OCc2ccccc2)[C@H](OCc2ccccc2)[C@H]1OCc1ccccc1. The van der Waals surface area contributed by atoms with Gasteiger partial charge in [0.25, 0.3) is 0 Å². The molecule has 0 amide bonds. The van der Waals surface area contributed by atoms with Gasteiger partial charge in [0, 0.05) is 27.4 Å². The highest BCUT2D eigenvalue weighted by Crippen LogP contribution is 2.36. The largest absolute Gasteiger partial charge is 0.458 e. The van der Waals surface area contributed by atoms with Crippen molar-refractivity contribution < 1.29 is 52.6 Å². The average molecular weight is 679 g/mol. The van der Waals surface area contributed by atoms with Crippen LogP contribution in [0.3, 0.4) is 0 Å². The fourth-order valence-electron chi connectivity index (χ4n) is 6.35. The lowest BCUT2D eigenvalue weighted by Gasteiger charge is -2.49. The molecule has 3 aromatic carbocycles. The standard InChI is InChI=1S/C38H46O11/c1-24-33(48-26(3)40)31(47-25(2)39)20-30(46-24)32(41)34-35(43-21-27-14-8-5-9-15-27)36(44-22-28-16-10-6-11-17-28)37(38(42-4)49-34)45-23-29-18-12-7-13-19-29/h5-19,24,30-38,41H,20-23H2,1-4H3/t24-,30-,31-,32?,33-,34-,35-,36+,37-,38+/m1/s1. The van der Waals surface area contributed by atoms with E-state index in [1.54, 1.807) is 6.92 Å². The summed E-state index contributed by atoms with van der Waals surface area (Å²) >= 11 is 0. The van der Waals surface area contributed by atoms with E-state index < -0.39 is 73.2 Å². The van der Waals surface area contributed by atoms with Gasteiger partial charge in [-0.05, 0) is 23.6 Å². The normalized spacial score (nSPS) is 29.1. The molecule has 11 heteroatoms. The molecule has 0 aromatic heterocycles. The highest BCUT2D eigenvalue weighted by molar-refractivity contribution is 5.67. The molecule has 1 unspecified atom stereocenters. The number of carbonyl (C=O) groups excluding carboxylic acids is 2. The topological polar surface area (TPSA) is 128 Å². The number of carbonyl (C=O) groups is 2. The molecule has 2 saturated heterocycles. The van der Waals surface area contributed by atoms with E-state index in [2.05, 4.69) is 0 Å². The molecular formula is C38H46O11. The minimum absolute atomic E-state index is 0.0371. The van der Waals surface area contributed by atoms with E-state index in [-0.39, 0.29) is 26.2 Å². The summed E-state index contributed by atoms with van der Waals surface area (Å²) in [5.41, 5.74) is 2.80. The fraction of sp³-hybridized carbons (Fsp3) is 0.474. The summed E-state index contributed by atoms with van der Waals surface area (Å²) in [6.07, 6.45) is -8.99. The number of hydrogen-bond acceptors (Lipinski definition) is 11. The number of aliphatic hydroxyl groups is 1. The van der Waals surface area contributed by atoms with Crippen LogP contribution in [0.4, 0.5) is 0 Å². The maximum atomic E-state index is 12.1. The Morgan fingerprint density at radius 1 is 0.694 bits per heavy atom. The van der Waals surface area contributed by atoms with Gasteiger partial charge in [0.05, 0.1) is 32.0 Å². The monoisotopic (exact) mass is 678 g/mol. The Hall–Kier alpha value is -3.68. The molecule has 49 heavy (non-hydrogen) atoms. The van der Waals surface area contributed by atoms with Crippen LogP contribution in [-0.2, 0) is 67.3 Å². The van der Waals surface area contributed by atoms with E-state index in [1.165, 1.54) is 21.0 Å². The van der Waals surface area contributed by atoms with Gasteiger partial charge in [-0.3, -0.25) is 9.59 Å². The second-order valence-corrected chi connectivity index (χ2v) is 12.3. The number of ether oxygens (including phenoxy) is 8. The third kappa shape index (κ3) is 9.95. The van der Waals surface area contributed by atoms with Gasteiger partial charge in [-0.2, -0.15) is 0 Å². The maximum absolute atomic E-state index is 12.1. The second kappa shape index (κ2) is 17.8. The maximum Gasteiger partial charge on any atom is 0.303 e. The van der Waals surface area contributed by atoms with E-state index in [4.69, 9.17) is 37.9 Å². The summed E-state index contributed by atoms with van der Waals surface area (Å²) in [6, 6.07) is 29.1. The van der Waals surface area contributed by atoms with Crippen molar-refractivity contribution in [3.63, 3.8) is 0 Å². The van der Waals surface area contributed by atoms with Gasteiger partial charge < -0.3 is 43.0 Å². The van der Waals surface area contributed by atoms with E-state index in [1.807, 2.05) is 91.0 Å². The van der Waals surface area contributed by atoms with Crippen molar-refractivity contribution in [1.29, 1.82) is 0 Å². The molecule has 5 rings (SSSR count). The first-order valence-corrected chi connectivity index (χ1v) is 16.6. The highest BCUT2D eigenvalue weighted by atomic mass is 16.7. The third-order valence-electron chi connectivity index (χ3n) is 8.64. The van der Waals surface area contributed by atoms with Gasteiger partial charge >= 0.3 is 11.9 Å². The Morgan fingerprint density at radius 3 is 1.63 bits per heavy atom. The van der Waals surface area contributed by atoms with Crippen LogP contribution in [0.2, 0.25) is 0 Å². The summed E-state index contributed by atoms with van der Waals surface area (Å²) in [5, 5.41) is 12.1. The van der Waals surface area contributed by atoms with Gasteiger partial charge in [0.2, 0.25) is 0 Å². The number of methoxy groups -OCH3 is 1. The Bertz CT molecular complexity index is 1440. The zero-order valence-corrected chi connectivity index (χ0v) is 28.3. The Morgan fingerprint density at radius 2 is 1.16 bits per heavy atom. The van der Waals surface area contributed by atoms with Crippen molar-refractivity contribution in [2.75, 3.05) is 7.11 Å². The molecule has 2 fully saturated rings. The highest BCUT2D eigenvalue weighted by Gasteiger charge is 2.54. The minimum Gasteiger partial charge on any atom is -0.458 e. The molecule has 2 aliphatic rings. The lowest BCUT2D eigenvalue weighted by molar-refractivity contribution is -0.337. The molecule has 0 radical (unpaired) electrons. The van der Waals surface area contributed by atoms with Crippen molar-refractivity contribution in [3.05, 3.63) is 108 Å². The summed E-state index contributed by atoms with van der Waals surface area (Å²) in [7, 11) is 1.51. The first-order valence-electron chi connectivity index (χ1n) is 16.6. The van der Waals surface area contributed by atoms with Crippen LogP contribution in [0, 0.1) is 0 Å².